The zero-order valence-corrected chi connectivity index (χ0v) is 14.2. The standard InChI is InChI=1S/C15H20BrN5/c1-4-5-8-21(3)15-19-14(10-17-20-15)18-12-6-7-13(16)11(2)9-12/h6-7,9-10H,4-5,8H2,1-3H3,(H,18,19,20). The number of anilines is 3. The van der Waals surface area contributed by atoms with E-state index >= 15 is 0 Å². The van der Waals surface area contributed by atoms with Gasteiger partial charge in [0, 0.05) is 23.8 Å². The van der Waals surface area contributed by atoms with Gasteiger partial charge in [-0.15, -0.1) is 5.10 Å². The lowest BCUT2D eigenvalue weighted by atomic mass is 10.2. The van der Waals surface area contributed by atoms with Crippen molar-refractivity contribution in [2.75, 3.05) is 23.8 Å². The maximum absolute atomic E-state index is 4.50. The van der Waals surface area contributed by atoms with Crippen LogP contribution in [0.25, 0.3) is 0 Å². The van der Waals surface area contributed by atoms with Crippen molar-refractivity contribution < 1.29 is 0 Å². The fraction of sp³-hybridized carbons (Fsp3) is 0.400. The zero-order chi connectivity index (χ0) is 15.2. The molecule has 0 unspecified atom stereocenters. The van der Waals surface area contributed by atoms with Crippen LogP contribution in [0.3, 0.4) is 0 Å². The van der Waals surface area contributed by atoms with Crippen molar-refractivity contribution in [1.82, 2.24) is 15.2 Å². The molecular weight excluding hydrogens is 330 g/mol. The van der Waals surface area contributed by atoms with E-state index in [0.717, 1.165) is 29.5 Å². The van der Waals surface area contributed by atoms with Crippen LogP contribution >= 0.6 is 15.9 Å². The van der Waals surface area contributed by atoms with Gasteiger partial charge in [0.15, 0.2) is 5.82 Å². The van der Waals surface area contributed by atoms with Crippen LogP contribution in [0.15, 0.2) is 28.9 Å². The van der Waals surface area contributed by atoms with Crippen molar-refractivity contribution in [3.8, 4) is 0 Å². The van der Waals surface area contributed by atoms with Crippen molar-refractivity contribution in [2.45, 2.75) is 26.7 Å². The number of nitrogens with zero attached hydrogens (tertiary/aromatic N) is 4. The molecule has 5 nitrogen and oxygen atoms in total. The number of unbranched alkanes of at least 4 members (excludes halogenated alkanes) is 1. The van der Waals surface area contributed by atoms with Crippen molar-refractivity contribution in [3.63, 3.8) is 0 Å². The molecule has 0 aliphatic rings. The van der Waals surface area contributed by atoms with E-state index in [-0.39, 0.29) is 0 Å². The van der Waals surface area contributed by atoms with Crippen LogP contribution < -0.4 is 10.2 Å². The Balaban J connectivity index is 2.11. The largest absolute Gasteiger partial charge is 0.343 e. The Labute approximate surface area is 133 Å². The Morgan fingerprint density at radius 2 is 2.14 bits per heavy atom. The Bertz CT molecular complexity index is 602. The summed E-state index contributed by atoms with van der Waals surface area (Å²) in [7, 11) is 1.99. The Morgan fingerprint density at radius 1 is 1.33 bits per heavy atom. The third-order valence-corrected chi connectivity index (χ3v) is 4.06. The molecule has 0 amide bonds. The molecule has 2 rings (SSSR count). The van der Waals surface area contributed by atoms with Gasteiger partial charge in [0.25, 0.3) is 0 Å². The molecule has 0 saturated carbocycles. The van der Waals surface area contributed by atoms with Gasteiger partial charge in [-0.3, -0.25) is 0 Å². The second-order valence-corrected chi connectivity index (χ2v) is 5.86. The maximum Gasteiger partial charge on any atom is 0.247 e. The van der Waals surface area contributed by atoms with Crippen molar-refractivity contribution >= 4 is 33.4 Å². The minimum Gasteiger partial charge on any atom is -0.343 e. The Hall–Kier alpha value is -1.69. The number of nitrogens with one attached hydrogen (secondary N) is 1. The summed E-state index contributed by atoms with van der Waals surface area (Å²) in [4.78, 5) is 6.52. The number of benzene rings is 1. The van der Waals surface area contributed by atoms with E-state index in [1.807, 2.05) is 24.1 Å². The molecular formula is C15H20BrN5. The number of halogens is 1. The molecule has 1 heterocycles. The first-order valence-corrected chi connectivity index (χ1v) is 7.83. The second-order valence-electron chi connectivity index (χ2n) is 5.01. The van der Waals surface area contributed by atoms with Gasteiger partial charge in [-0.1, -0.05) is 29.3 Å². The monoisotopic (exact) mass is 349 g/mol. The van der Waals surface area contributed by atoms with Gasteiger partial charge in [0.1, 0.15) is 0 Å². The smallest absolute Gasteiger partial charge is 0.247 e. The molecule has 0 atom stereocenters. The minimum absolute atomic E-state index is 0.641. The molecule has 112 valence electrons. The van der Waals surface area contributed by atoms with Crippen LogP contribution in [0.4, 0.5) is 17.5 Å². The Morgan fingerprint density at radius 3 is 2.86 bits per heavy atom. The molecule has 0 aliphatic heterocycles. The lowest BCUT2D eigenvalue weighted by Crippen LogP contribution is -2.21. The SMILES string of the molecule is CCCCN(C)c1nncc(Nc2ccc(Br)c(C)c2)n1. The Kier molecular flexibility index (Phi) is 5.50. The average Bonchev–Trinajstić information content (AvgIpc) is 2.49. The lowest BCUT2D eigenvalue weighted by Gasteiger charge is -2.16. The highest BCUT2D eigenvalue weighted by Crippen LogP contribution is 2.22. The van der Waals surface area contributed by atoms with Gasteiger partial charge in [-0.05, 0) is 37.1 Å². The molecule has 1 N–H and O–H groups in total. The first-order chi connectivity index (χ1) is 10.1. The highest BCUT2D eigenvalue weighted by molar-refractivity contribution is 9.10. The van der Waals surface area contributed by atoms with Gasteiger partial charge < -0.3 is 10.2 Å². The second kappa shape index (κ2) is 7.36. The molecule has 0 saturated heterocycles. The van der Waals surface area contributed by atoms with Crippen LogP contribution in [-0.4, -0.2) is 28.8 Å². The number of hydrogen-bond donors (Lipinski definition) is 1. The van der Waals surface area contributed by atoms with E-state index in [1.165, 1.54) is 5.56 Å². The predicted molar refractivity (Wildman–Crippen MR) is 90.2 cm³/mol. The number of rotatable bonds is 6. The zero-order valence-electron chi connectivity index (χ0n) is 12.6. The summed E-state index contributed by atoms with van der Waals surface area (Å²) < 4.78 is 1.09. The molecule has 1 aromatic carbocycles. The summed E-state index contributed by atoms with van der Waals surface area (Å²) in [6.45, 7) is 5.15. The molecule has 6 heteroatoms. The number of hydrogen-bond acceptors (Lipinski definition) is 5. The van der Waals surface area contributed by atoms with E-state index in [9.17, 15) is 0 Å². The van der Waals surface area contributed by atoms with E-state index in [4.69, 9.17) is 0 Å². The van der Waals surface area contributed by atoms with Crippen molar-refractivity contribution in [1.29, 1.82) is 0 Å². The van der Waals surface area contributed by atoms with E-state index in [0.29, 0.717) is 11.8 Å². The highest BCUT2D eigenvalue weighted by Gasteiger charge is 2.06. The van der Waals surface area contributed by atoms with E-state index in [1.54, 1.807) is 6.20 Å². The summed E-state index contributed by atoms with van der Waals surface area (Å²) in [5.74, 6) is 1.34. The van der Waals surface area contributed by atoms with Crippen LogP contribution in [0.5, 0.6) is 0 Å². The predicted octanol–water partition coefficient (Wildman–Crippen LogP) is 3.92. The molecule has 0 aliphatic carbocycles. The topological polar surface area (TPSA) is 53.9 Å². The molecule has 21 heavy (non-hydrogen) atoms. The first kappa shape index (κ1) is 15.7. The lowest BCUT2D eigenvalue weighted by molar-refractivity contribution is 0.741. The van der Waals surface area contributed by atoms with Gasteiger partial charge in [-0.2, -0.15) is 10.1 Å². The molecule has 1 aromatic heterocycles. The van der Waals surface area contributed by atoms with Gasteiger partial charge in [-0.25, -0.2) is 0 Å². The van der Waals surface area contributed by atoms with Crippen molar-refractivity contribution in [3.05, 3.63) is 34.4 Å². The number of aryl methyl sites for hydroxylation is 1. The fourth-order valence-electron chi connectivity index (χ4n) is 1.88. The van der Waals surface area contributed by atoms with E-state index < -0.39 is 0 Å². The quantitative estimate of drug-likeness (QED) is 0.856. The third kappa shape index (κ3) is 4.39. The summed E-state index contributed by atoms with van der Waals surface area (Å²) in [6.07, 6.45) is 3.89. The average molecular weight is 350 g/mol. The fourth-order valence-corrected chi connectivity index (χ4v) is 2.13. The molecule has 0 bridgehead atoms. The first-order valence-electron chi connectivity index (χ1n) is 7.04. The maximum atomic E-state index is 4.50. The van der Waals surface area contributed by atoms with E-state index in [2.05, 4.69) is 56.3 Å². The van der Waals surface area contributed by atoms with Crippen molar-refractivity contribution in [2.24, 2.45) is 0 Å². The molecule has 0 spiro atoms. The normalized spacial score (nSPS) is 10.5. The number of aromatic nitrogens is 3. The summed E-state index contributed by atoms with van der Waals surface area (Å²) in [5.41, 5.74) is 2.15. The summed E-state index contributed by atoms with van der Waals surface area (Å²) in [5, 5.41) is 11.4. The van der Waals surface area contributed by atoms with Crippen LogP contribution in [-0.2, 0) is 0 Å². The third-order valence-electron chi connectivity index (χ3n) is 3.17. The highest BCUT2D eigenvalue weighted by atomic mass is 79.9. The molecule has 0 radical (unpaired) electrons. The van der Waals surface area contributed by atoms with Gasteiger partial charge >= 0.3 is 0 Å². The molecule has 0 fully saturated rings. The molecule has 2 aromatic rings. The van der Waals surface area contributed by atoms with Crippen LogP contribution in [0.1, 0.15) is 25.3 Å². The van der Waals surface area contributed by atoms with Gasteiger partial charge in [0.05, 0.1) is 6.20 Å². The van der Waals surface area contributed by atoms with Gasteiger partial charge in [0.2, 0.25) is 5.95 Å². The minimum atomic E-state index is 0.641. The van der Waals surface area contributed by atoms with Crippen LogP contribution in [0.2, 0.25) is 0 Å². The van der Waals surface area contributed by atoms with Crippen LogP contribution in [0, 0.1) is 6.92 Å². The summed E-state index contributed by atoms with van der Waals surface area (Å²) in [6, 6.07) is 6.08. The summed E-state index contributed by atoms with van der Waals surface area (Å²) >= 11 is 3.50.